The topological polar surface area (TPSA) is 83.4 Å². The van der Waals surface area contributed by atoms with E-state index in [0.717, 1.165) is 5.56 Å². The van der Waals surface area contributed by atoms with Crippen LogP contribution in [0.1, 0.15) is 25.3 Å². The quantitative estimate of drug-likeness (QED) is 0.565. The number of para-hydroxylation sites is 1. The molecule has 0 fully saturated rings. The molecule has 2 rings (SSSR count). The molecular weight excluding hydrogens is 342 g/mol. The highest BCUT2D eigenvalue weighted by Crippen LogP contribution is 2.29. The number of benzene rings is 2. The van der Waals surface area contributed by atoms with E-state index >= 15 is 0 Å². The predicted octanol–water partition coefficient (Wildman–Crippen LogP) is 4.29. The van der Waals surface area contributed by atoms with E-state index in [0.29, 0.717) is 22.9 Å². The summed E-state index contributed by atoms with van der Waals surface area (Å²) in [6.07, 6.45) is 1.35. The zero-order chi connectivity index (χ0) is 19.8. The summed E-state index contributed by atoms with van der Waals surface area (Å²) in [7, 11) is 3.10. The molecule has 6 heteroatoms. The van der Waals surface area contributed by atoms with Gasteiger partial charge in [0.2, 0.25) is 0 Å². The lowest BCUT2D eigenvalue weighted by Gasteiger charge is -2.13. The molecule has 1 amide bonds. The van der Waals surface area contributed by atoms with Gasteiger partial charge in [-0.3, -0.25) is 4.79 Å². The second-order valence-electron chi connectivity index (χ2n) is 6.08. The SMILES string of the molecule is COc1ccc(OC)c(N/C=C(/C#N)C(=O)Nc2ccccc2C(C)C)c1. The van der Waals surface area contributed by atoms with Crippen molar-refractivity contribution >= 4 is 17.3 Å². The summed E-state index contributed by atoms with van der Waals surface area (Å²) in [6, 6.07) is 14.7. The summed E-state index contributed by atoms with van der Waals surface area (Å²) in [5.41, 5.74) is 2.22. The van der Waals surface area contributed by atoms with Gasteiger partial charge in [-0.05, 0) is 29.7 Å². The van der Waals surface area contributed by atoms with Crippen molar-refractivity contribution in [2.75, 3.05) is 24.9 Å². The molecule has 0 spiro atoms. The third kappa shape index (κ3) is 5.02. The molecule has 27 heavy (non-hydrogen) atoms. The predicted molar refractivity (Wildman–Crippen MR) is 106 cm³/mol. The van der Waals surface area contributed by atoms with Crippen LogP contribution in [0.4, 0.5) is 11.4 Å². The third-order valence-corrected chi connectivity index (χ3v) is 3.97. The van der Waals surface area contributed by atoms with Crippen molar-refractivity contribution in [3.05, 3.63) is 59.8 Å². The van der Waals surface area contributed by atoms with Crippen LogP contribution >= 0.6 is 0 Å². The van der Waals surface area contributed by atoms with Gasteiger partial charge >= 0.3 is 0 Å². The summed E-state index contributed by atoms with van der Waals surface area (Å²) in [5.74, 6) is 0.950. The molecule has 0 heterocycles. The van der Waals surface area contributed by atoms with Gasteiger partial charge in [-0.25, -0.2) is 0 Å². The summed E-state index contributed by atoms with van der Waals surface area (Å²) in [4.78, 5) is 12.5. The Hall–Kier alpha value is -3.46. The van der Waals surface area contributed by atoms with E-state index in [1.165, 1.54) is 13.3 Å². The molecule has 2 aromatic rings. The average Bonchev–Trinajstić information content (AvgIpc) is 2.68. The first-order valence-electron chi connectivity index (χ1n) is 8.49. The molecule has 0 saturated heterocycles. The first-order chi connectivity index (χ1) is 13.0. The third-order valence-electron chi connectivity index (χ3n) is 3.97. The number of amides is 1. The summed E-state index contributed by atoms with van der Waals surface area (Å²) in [6.45, 7) is 4.09. The summed E-state index contributed by atoms with van der Waals surface area (Å²) in [5, 5.41) is 15.1. The van der Waals surface area contributed by atoms with E-state index in [2.05, 4.69) is 10.6 Å². The summed E-state index contributed by atoms with van der Waals surface area (Å²) >= 11 is 0. The van der Waals surface area contributed by atoms with Crippen LogP contribution in [0.25, 0.3) is 0 Å². The van der Waals surface area contributed by atoms with Crippen LogP contribution < -0.4 is 20.1 Å². The number of rotatable bonds is 7. The van der Waals surface area contributed by atoms with Crippen molar-refractivity contribution in [2.24, 2.45) is 0 Å². The maximum absolute atomic E-state index is 12.5. The number of nitrogens with one attached hydrogen (secondary N) is 2. The summed E-state index contributed by atoms with van der Waals surface area (Å²) < 4.78 is 10.5. The van der Waals surface area contributed by atoms with Gasteiger partial charge < -0.3 is 20.1 Å². The van der Waals surface area contributed by atoms with Gasteiger partial charge in [0.1, 0.15) is 23.1 Å². The highest BCUT2D eigenvalue weighted by Gasteiger charge is 2.13. The second-order valence-corrected chi connectivity index (χ2v) is 6.08. The molecule has 0 aliphatic rings. The van der Waals surface area contributed by atoms with Crippen LogP contribution in [0.15, 0.2) is 54.2 Å². The van der Waals surface area contributed by atoms with E-state index in [1.54, 1.807) is 25.3 Å². The van der Waals surface area contributed by atoms with Crippen LogP contribution in [-0.2, 0) is 4.79 Å². The Bertz CT molecular complexity index is 882. The Labute approximate surface area is 159 Å². The standard InChI is InChI=1S/C21H23N3O3/c1-14(2)17-7-5-6-8-18(17)24-21(25)15(12-22)13-23-19-11-16(26-3)9-10-20(19)27-4/h5-11,13-14,23H,1-4H3,(H,24,25)/b15-13-. The molecule has 0 aliphatic heterocycles. The largest absolute Gasteiger partial charge is 0.497 e. The van der Waals surface area contributed by atoms with E-state index in [9.17, 15) is 10.1 Å². The van der Waals surface area contributed by atoms with E-state index in [4.69, 9.17) is 9.47 Å². The Balaban J connectivity index is 2.22. The first kappa shape index (κ1) is 19.9. The molecule has 0 bridgehead atoms. The number of carbonyl (C=O) groups is 1. The number of anilines is 2. The Morgan fingerprint density at radius 2 is 1.85 bits per heavy atom. The molecule has 0 aromatic heterocycles. The van der Waals surface area contributed by atoms with Crippen LogP contribution in [0.2, 0.25) is 0 Å². The molecule has 0 atom stereocenters. The number of nitrogens with zero attached hydrogens (tertiary/aromatic N) is 1. The maximum Gasteiger partial charge on any atom is 0.267 e. The minimum atomic E-state index is -0.486. The van der Waals surface area contributed by atoms with Crippen molar-refractivity contribution in [2.45, 2.75) is 19.8 Å². The molecule has 140 valence electrons. The number of nitriles is 1. The lowest BCUT2D eigenvalue weighted by molar-refractivity contribution is -0.112. The van der Waals surface area contributed by atoms with Crippen molar-refractivity contribution in [1.82, 2.24) is 0 Å². The van der Waals surface area contributed by atoms with Crippen LogP contribution in [0.3, 0.4) is 0 Å². The van der Waals surface area contributed by atoms with E-state index in [-0.39, 0.29) is 11.5 Å². The number of hydrogen-bond donors (Lipinski definition) is 2. The van der Waals surface area contributed by atoms with E-state index < -0.39 is 5.91 Å². The molecule has 0 saturated carbocycles. The lowest BCUT2D eigenvalue weighted by Crippen LogP contribution is -2.16. The first-order valence-corrected chi connectivity index (χ1v) is 8.49. The Morgan fingerprint density at radius 1 is 1.11 bits per heavy atom. The number of ether oxygens (including phenoxy) is 2. The smallest absolute Gasteiger partial charge is 0.267 e. The minimum absolute atomic E-state index is 0.0570. The van der Waals surface area contributed by atoms with Gasteiger partial charge in [-0.2, -0.15) is 5.26 Å². The fraction of sp³-hybridized carbons (Fsp3) is 0.238. The second kappa shape index (κ2) is 9.30. The number of methoxy groups -OCH3 is 2. The molecule has 0 unspecified atom stereocenters. The molecule has 6 nitrogen and oxygen atoms in total. The van der Waals surface area contributed by atoms with Gasteiger partial charge in [-0.1, -0.05) is 32.0 Å². The average molecular weight is 365 g/mol. The Morgan fingerprint density at radius 3 is 2.48 bits per heavy atom. The zero-order valence-corrected chi connectivity index (χ0v) is 15.9. The Kier molecular flexibility index (Phi) is 6.84. The van der Waals surface area contributed by atoms with Crippen LogP contribution in [0.5, 0.6) is 11.5 Å². The van der Waals surface area contributed by atoms with Gasteiger partial charge in [0, 0.05) is 18.0 Å². The van der Waals surface area contributed by atoms with Crippen molar-refractivity contribution < 1.29 is 14.3 Å². The van der Waals surface area contributed by atoms with Crippen LogP contribution in [0, 0.1) is 11.3 Å². The zero-order valence-electron chi connectivity index (χ0n) is 15.9. The van der Waals surface area contributed by atoms with Gasteiger partial charge in [0.25, 0.3) is 5.91 Å². The molecule has 2 N–H and O–H groups in total. The van der Waals surface area contributed by atoms with Crippen LogP contribution in [-0.4, -0.2) is 20.1 Å². The van der Waals surface area contributed by atoms with Gasteiger partial charge in [0.15, 0.2) is 0 Å². The maximum atomic E-state index is 12.5. The molecule has 2 aromatic carbocycles. The van der Waals surface area contributed by atoms with Gasteiger partial charge in [0.05, 0.1) is 19.9 Å². The van der Waals surface area contributed by atoms with Crippen molar-refractivity contribution in [3.63, 3.8) is 0 Å². The minimum Gasteiger partial charge on any atom is -0.497 e. The fourth-order valence-corrected chi connectivity index (χ4v) is 2.53. The lowest BCUT2D eigenvalue weighted by atomic mass is 10.0. The van der Waals surface area contributed by atoms with Crippen molar-refractivity contribution in [1.29, 1.82) is 5.26 Å². The fourth-order valence-electron chi connectivity index (χ4n) is 2.53. The number of hydrogen-bond acceptors (Lipinski definition) is 5. The van der Waals surface area contributed by atoms with E-state index in [1.807, 2.05) is 44.2 Å². The molecule has 0 aliphatic carbocycles. The highest BCUT2D eigenvalue weighted by atomic mass is 16.5. The highest BCUT2D eigenvalue weighted by molar-refractivity contribution is 6.07. The normalized spacial score (nSPS) is 10.9. The molecular formula is C21H23N3O3. The van der Waals surface area contributed by atoms with Crippen molar-refractivity contribution in [3.8, 4) is 17.6 Å². The molecule has 0 radical (unpaired) electrons. The monoisotopic (exact) mass is 365 g/mol. The van der Waals surface area contributed by atoms with Gasteiger partial charge in [-0.15, -0.1) is 0 Å². The number of carbonyl (C=O) groups excluding carboxylic acids is 1.